The van der Waals surface area contributed by atoms with Crippen molar-refractivity contribution in [3.05, 3.63) is 0 Å². The molecule has 1 aliphatic heterocycles. The first-order valence-corrected chi connectivity index (χ1v) is 6.07. The van der Waals surface area contributed by atoms with Crippen LogP contribution >= 0.6 is 0 Å². The second kappa shape index (κ2) is 5.64. The van der Waals surface area contributed by atoms with E-state index in [9.17, 15) is 4.79 Å². The molecule has 0 aliphatic carbocycles. The lowest BCUT2D eigenvalue weighted by Gasteiger charge is -2.48. The molecule has 4 nitrogen and oxygen atoms in total. The molecule has 0 unspecified atom stereocenters. The fraction of sp³-hybridized carbons (Fsp3) is 0.917. The number of nitrogens with zero attached hydrogens (tertiary/aromatic N) is 1. The summed E-state index contributed by atoms with van der Waals surface area (Å²) in [7, 11) is 0. The molecule has 1 aliphatic rings. The highest BCUT2D eigenvalue weighted by atomic mass is 16.5. The maximum Gasteiger partial charge on any atom is 0.329 e. The van der Waals surface area contributed by atoms with Crippen molar-refractivity contribution in [3.63, 3.8) is 0 Å². The van der Waals surface area contributed by atoms with Gasteiger partial charge in [-0.2, -0.15) is 0 Å². The van der Waals surface area contributed by atoms with E-state index in [0.717, 1.165) is 25.6 Å². The van der Waals surface area contributed by atoms with Crippen LogP contribution in [0.5, 0.6) is 0 Å². The van der Waals surface area contributed by atoms with Crippen LogP contribution in [0.3, 0.4) is 0 Å². The second-order valence-corrected chi connectivity index (χ2v) is 4.98. The normalized spacial score (nSPS) is 19.8. The van der Waals surface area contributed by atoms with Gasteiger partial charge in [0.25, 0.3) is 0 Å². The summed E-state index contributed by atoms with van der Waals surface area (Å²) in [4.78, 5) is 12.7. The third-order valence-electron chi connectivity index (χ3n) is 3.33. The van der Waals surface area contributed by atoms with Crippen molar-refractivity contribution in [3.8, 4) is 0 Å². The summed E-state index contributed by atoms with van der Waals surface area (Å²) in [6, 6.07) is 0. The van der Waals surface area contributed by atoms with Crippen LogP contribution in [0.15, 0.2) is 0 Å². The van der Waals surface area contributed by atoms with Crippen LogP contribution in [-0.2, 0) is 9.53 Å². The molecule has 1 N–H and O–H groups in total. The number of carboxylic acid groups (broad SMARTS) is 1. The lowest BCUT2D eigenvalue weighted by Crippen LogP contribution is -2.62. The molecule has 0 aromatic carbocycles. The Balaban J connectivity index is 2.22. The SMILES string of the molecule is CCC(CC)CN1CC(C)(OCC(=O)O)C1. The summed E-state index contributed by atoms with van der Waals surface area (Å²) in [6.07, 6.45) is 2.42. The molecular formula is C12H23NO3. The van der Waals surface area contributed by atoms with Gasteiger partial charge in [-0.25, -0.2) is 4.79 Å². The minimum absolute atomic E-state index is 0.185. The maximum atomic E-state index is 10.4. The zero-order valence-corrected chi connectivity index (χ0v) is 10.5. The molecule has 0 saturated carbocycles. The number of rotatable bonds is 7. The Bertz CT molecular complexity index is 232. The van der Waals surface area contributed by atoms with Gasteiger partial charge in [0.05, 0.1) is 5.60 Å². The predicted octanol–water partition coefficient (Wildman–Crippen LogP) is 1.60. The molecular weight excluding hydrogens is 206 g/mol. The van der Waals surface area contributed by atoms with Crippen molar-refractivity contribution >= 4 is 5.97 Å². The number of aliphatic carboxylic acids is 1. The molecule has 0 radical (unpaired) electrons. The summed E-state index contributed by atoms with van der Waals surface area (Å²) >= 11 is 0. The van der Waals surface area contributed by atoms with E-state index in [-0.39, 0.29) is 12.2 Å². The monoisotopic (exact) mass is 229 g/mol. The number of carbonyl (C=O) groups is 1. The van der Waals surface area contributed by atoms with Gasteiger partial charge in [-0.3, -0.25) is 4.90 Å². The Kier molecular flexibility index (Phi) is 4.74. The van der Waals surface area contributed by atoms with Crippen molar-refractivity contribution in [2.24, 2.45) is 5.92 Å². The highest BCUT2D eigenvalue weighted by molar-refractivity contribution is 5.68. The van der Waals surface area contributed by atoms with Crippen LogP contribution in [0, 0.1) is 5.92 Å². The zero-order chi connectivity index (χ0) is 12.2. The third kappa shape index (κ3) is 3.76. The van der Waals surface area contributed by atoms with Crippen molar-refractivity contribution in [2.45, 2.75) is 39.2 Å². The van der Waals surface area contributed by atoms with Crippen LogP contribution in [0.1, 0.15) is 33.6 Å². The Morgan fingerprint density at radius 1 is 1.44 bits per heavy atom. The molecule has 0 bridgehead atoms. The van der Waals surface area contributed by atoms with Crippen molar-refractivity contribution < 1.29 is 14.6 Å². The van der Waals surface area contributed by atoms with Crippen LogP contribution < -0.4 is 0 Å². The average molecular weight is 229 g/mol. The topological polar surface area (TPSA) is 49.8 Å². The quantitative estimate of drug-likeness (QED) is 0.720. The lowest BCUT2D eigenvalue weighted by molar-refractivity contribution is -0.165. The van der Waals surface area contributed by atoms with Gasteiger partial charge in [-0.15, -0.1) is 0 Å². The van der Waals surface area contributed by atoms with Gasteiger partial charge in [0.15, 0.2) is 0 Å². The number of carboxylic acids is 1. The Hall–Kier alpha value is -0.610. The zero-order valence-electron chi connectivity index (χ0n) is 10.5. The van der Waals surface area contributed by atoms with Crippen LogP contribution in [0.2, 0.25) is 0 Å². The molecule has 94 valence electrons. The highest BCUT2D eigenvalue weighted by Crippen LogP contribution is 2.26. The lowest BCUT2D eigenvalue weighted by atomic mass is 9.93. The highest BCUT2D eigenvalue weighted by Gasteiger charge is 2.40. The molecule has 0 aromatic rings. The summed E-state index contributed by atoms with van der Waals surface area (Å²) in [5.41, 5.74) is -0.246. The number of hydrogen-bond donors (Lipinski definition) is 1. The first-order chi connectivity index (χ1) is 7.49. The van der Waals surface area contributed by atoms with Crippen molar-refractivity contribution in [2.75, 3.05) is 26.2 Å². The summed E-state index contributed by atoms with van der Waals surface area (Å²) < 4.78 is 5.36. The Labute approximate surface area is 97.6 Å². The molecule has 0 amide bonds. The third-order valence-corrected chi connectivity index (χ3v) is 3.33. The van der Waals surface area contributed by atoms with E-state index in [0.29, 0.717) is 0 Å². The average Bonchev–Trinajstić information content (AvgIpc) is 2.20. The van der Waals surface area contributed by atoms with Gasteiger partial charge in [0.2, 0.25) is 0 Å². The smallest absolute Gasteiger partial charge is 0.329 e. The second-order valence-electron chi connectivity index (χ2n) is 4.98. The van der Waals surface area contributed by atoms with Crippen LogP contribution in [-0.4, -0.2) is 47.8 Å². The molecule has 0 spiro atoms. The van der Waals surface area contributed by atoms with Crippen molar-refractivity contribution in [1.29, 1.82) is 0 Å². The first-order valence-electron chi connectivity index (χ1n) is 6.07. The molecule has 1 saturated heterocycles. The molecule has 1 fully saturated rings. The van der Waals surface area contributed by atoms with E-state index >= 15 is 0 Å². The van der Waals surface area contributed by atoms with Gasteiger partial charge in [-0.1, -0.05) is 26.7 Å². The van der Waals surface area contributed by atoms with E-state index in [4.69, 9.17) is 9.84 Å². The van der Waals surface area contributed by atoms with Gasteiger partial charge in [0.1, 0.15) is 6.61 Å². The molecule has 1 rings (SSSR count). The minimum atomic E-state index is -0.889. The van der Waals surface area contributed by atoms with Gasteiger partial charge < -0.3 is 9.84 Å². The Morgan fingerprint density at radius 3 is 2.44 bits per heavy atom. The number of likely N-dealkylation sites (tertiary alicyclic amines) is 1. The van der Waals surface area contributed by atoms with Crippen molar-refractivity contribution in [1.82, 2.24) is 4.90 Å². The molecule has 0 aromatic heterocycles. The van der Waals surface area contributed by atoms with Gasteiger partial charge >= 0.3 is 5.97 Å². The summed E-state index contributed by atoms with van der Waals surface area (Å²) in [5, 5.41) is 8.55. The van der Waals surface area contributed by atoms with E-state index < -0.39 is 5.97 Å². The largest absolute Gasteiger partial charge is 0.480 e. The minimum Gasteiger partial charge on any atom is -0.480 e. The van der Waals surface area contributed by atoms with Crippen LogP contribution in [0.25, 0.3) is 0 Å². The summed E-state index contributed by atoms with van der Waals surface area (Å²) in [6.45, 7) is 9.06. The standard InChI is InChI=1S/C12H23NO3/c1-4-10(5-2)6-13-8-12(3,9-13)16-7-11(14)15/h10H,4-9H2,1-3H3,(H,14,15). The molecule has 0 atom stereocenters. The fourth-order valence-electron chi connectivity index (χ4n) is 2.27. The van der Waals surface area contributed by atoms with E-state index in [1.165, 1.54) is 12.8 Å². The van der Waals surface area contributed by atoms with Gasteiger partial charge in [0, 0.05) is 19.6 Å². The predicted molar refractivity (Wildman–Crippen MR) is 62.5 cm³/mol. The Morgan fingerprint density at radius 2 is 2.00 bits per heavy atom. The first kappa shape index (κ1) is 13.5. The molecule has 1 heterocycles. The summed E-state index contributed by atoms with van der Waals surface area (Å²) in [5.74, 6) is -0.135. The maximum absolute atomic E-state index is 10.4. The van der Waals surface area contributed by atoms with Gasteiger partial charge in [-0.05, 0) is 12.8 Å². The molecule has 4 heteroatoms. The van der Waals surface area contributed by atoms with E-state index in [1.54, 1.807) is 0 Å². The van der Waals surface area contributed by atoms with E-state index in [1.807, 2.05) is 6.92 Å². The van der Waals surface area contributed by atoms with E-state index in [2.05, 4.69) is 18.7 Å². The molecule has 16 heavy (non-hydrogen) atoms. The van der Waals surface area contributed by atoms with Crippen LogP contribution in [0.4, 0.5) is 0 Å². The number of ether oxygens (including phenoxy) is 1. The number of hydrogen-bond acceptors (Lipinski definition) is 3. The fourth-order valence-corrected chi connectivity index (χ4v) is 2.27.